The fourth-order valence-electron chi connectivity index (χ4n) is 15.9. The molecule has 99 heavy (non-hydrogen) atoms. The van der Waals surface area contributed by atoms with Crippen LogP contribution in [0.3, 0.4) is 0 Å². The van der Waals surface area contributed by atoms with E-state index >= 15 is 0 Å². The first-order chi connectivity index (χ1) is 48.8. The molecule has 2 aromatic heterocycles. The second-order valence-electron chi connectivity index (χ2n) is 27.4. The molecular weight excluding hydrogens is 1200 g/mol. The minimum absolute atomic E-state index is 0.296. The van der Waals surface area contributed by atoms with E-state index in [1.807, 2.05) is 0 Å². The van der Waals surface area contributed by atoms with E-state index in [4.69, 9.17) is 8.83 Å². The summed E-state index contributed by atoms with van der Waals surface area (Å²) in [5, 5.41) is 4.34. The van der Waals surface area contributed by atoms with Gasteiger partial charge in [-0.2, -0.15) is 0 Å². The Hall–Kier alpha value is -12.4. The first-order valence-corrected chi connectivity index (χ1v) is 34.3. The second-order valence-corrected chi connectivity index (χ2v) is 27.4. The van der Waals surface area contributed by atoms with Gasteiger partial charge in [-0.25, -0.2) is 0 Å². The number of benzene rings is 15. The van der Waals surface area contributed by atoms with Crippen LogP contribution >= 0.6 is 0 Å². The van der Waals surface area contributed by atoms with Crippen LogP contribution in [0, 0.1) is 0 Å². The van der Waals surface area contributed by atoms with E-state index in [1.54, 1.807) is 0 Å². The van der Waals surface area contributed by atoms with Gasteiger partial charge in [0, 0.05) is 77.7 Å². The summed E-state index contributed by atoms with van der Waals surface area (Å²) in [6.45, 7) is 6.79. The summed E-state index contributed by atoms with van der Waals surface area (Å²) < 4.78 is 14.2. The molecule has 0 bridgehead atoms. The number of anilines is 6. The molecule has 0 atom stereocenters. The standard InChI is InChI=1S/C94H65BN2O2/c1-94(2,3)70-58-85-89-86(59-70)97(91-73(64-34-18-8-19-35-64)40-23-41-74(91)65-36-20-9-21-37-65)84-51-47-69(76-43-25-45-78-80-55-67(61-28-12-5-13-29-61)49-53-88(80)99-93(76)78)57-82(84)95(89)81-56-68(75-42-24-44-77-79-54-66(60-26-10-4-11-27-60)48-52-87(79)98-92(75)77)46-50-83(81)96(85)90-71(62-30-14-6-15-31-62)38-22-39-72(90)63-32-16-7-17-33-63/h4-59H,1-3H3. The molecule has 19 rings (SSSR count). The minimum Gasteiger partial charge on any atom is -0.455 e. The number of para-hydroxylation sites is 4. The highest BCUT2D eigenvalue weighted by molar-refractivity contribution is 7.00. The van der Waals surface area contributed by atoms with Gasteiger partial charge in [-0.15, -0.1) is 0 Å². The molecule has 0 aliphatic carbocycles. The Morgan fingerprint density at radius 1 is 0.253 bits per heavy atom. The fourth-order valence-corrected chi connectivity index (χ4v) is 15.9. The zero-order chi connectivity index (χ0) is 65.9. The molecule has 466 valence electrons. The second kappa shape index (κ2) is 23.2. The number of hydrogen-bond donors (Lipinski definition) is 0. The third kappa shape index (κ3) is 9.59. The topological polar surface area (TPSA) is 32.8 Å². The van der Waals surface area contributed by atoms with Gasteiger partial charge in [0.2, 0.25) is 0 Å². The summed E-state index contributed by atoms with van der Waals surface area (Å²) in [5.74, 6) is 0. The van der Waals surface area contributed by atoms with Crippen LogP contribution in [0.25, 0.3) is 133 Å². The predicted molar refractivity (Wildman–Crippen MR) is 417 cm³/mol. The number of furan rings is 2. The molecule has 0 saturated heterocycles. The van der Waals surface area contributed by atoms with Gasteiger partial charge < -0.3 is 18.6 Å². The Labute approximate surface area is 576 Å². The lowest BCUT2D eigenvalue weighted by Crippen LogP contribution is -2.61. The zero-order valence-electron chi connectivity index (χ0n) is 55.1. The third-order valence-corrected chi connectivity index (χ3v) is 20.6. The molecule has 17 aromatic rings. The quantitative estimate of drug-likeness (QED) is 0.128. The van der Waals surface area contributed by atoms with E-state index in [-0.39, 0.29) is 12.1 Å². The van der Waals surface area contributed by atoms with E-state index in [1.165, 1.54) is 33.1 Å². The lowest BCUT2D eigenvalue weighted by molar-refractivity contribution is 0.590. The molecule has 0 spiro atoms. The number of fused-ring (bicyclic) bond motifs is 10. The van der Waals surface area contributed by atoms with E-state index in [9.17, 15) is 0 Å². The number of nitrogens with zero attached hydrogens (tertiary/aromatic N) is 2. The fraction of sp³-hybridized carbons (Fsp3) is 0.0426. The average molecular weight is 1270 g/mol. The van der Waals surface area contributed by atoms with Gasteiger partial charge in [0.05, 0.1) is 11.4 Å². The van der Waals surface area contributed by atoms with Crippen molar-refractivity contribution < 1.29 is 8.83 Å². The molecular formula is C94H65BN2O2. The highest BCUT2D eigenvalue weighted by atomic mass is 16.3. The maximum atomic E-state index is 7.12. The first kappa shape index (κ1) is 58.0. The Morgan fingerprint density at radius 3 is 0.929 bits per heavy atom. The molecule has 0 radical (unpaired) electrons. The highest BCUT2D eigenvalue weighted by Gasteiger charge is 2.46. The molecule has 0 saturated carbocycles. The van der Waals surface area contributed by atoms with Crippen molar-refractivity contribution in [1.29, 1.82) is 0 Å². The summed E-state index contributed by atoms with van der Waals surface area (Å²) in [5.41, 5.74) is 32.5. The number of hydrogen-bond acceptors (Lipinski definition) is 4. The monoisotopic (exact) mass is 1260 g/mol. The van der Waals surface area contributed by atoms with Crippen molar-refractivity contribution in [2.24, 2.45) is 0 Å². The average Bonchev–Trinajstić information content (AvgIpc) is 1.09. The molecule has 4 heterocycles. The van der Waals surface area contributed by atoms with E-state index < -0.39 is 0 Å². The van der Waals surface area contributed by atoms with Crippen molar-refractivity contribution >= 4 is 101 Å². The molecule has 2 aliphatic heterocycles. The minimum atomic E-state index is -0.304. The van der Waals surface area contributed by atoms with Gasteiger partial charge in [-0.3, -0.25) is 0 Å². The molecule has 0 amide bonds. The Bertz CT molecular complexity index is 5540. The molecule has 4 nitrogen and oxygen atoms in total. The lowest BCUT2D eigenvalue weighted by Gasteiger charge is -2.46. The van der Waals surface area contributed by atoms with E-state index in [2.05, 4.69) is 370 Å². The summed E-state index contributed by atoms with van der Waals surface area (Å²) >= 11 is 0. The van der Waals surface area contributed by atoms with Crippen LogP contribution in [-0.4, -0.2) is 6.71 Å². The first-order valence-electron chi connectivity index (χ1n) is 34.3. The maximum absolute atomic E-state index is 7.12. The Kier molecular flexibility index (Phi) is 13.6. The summed E-state index contributed by atoms with van der Waals surface area (Å²) in [6.07, 6.45) is 0. The van der Waals surface area contributed by atoms with E-state index in [0.29, 0.717) is 0 Å². The predicted octanol–water partition coefficient (Wildman–Crippen LogP) is 24.2. The third-order valence-electron chi connectivity index (χ3n) is 20.6. The van der Waals surface area contributed by atoms with Crippen LogP contribution in [-0.2, 0) is 5.41 Å². The molecule has 15 aromatic carbocycles. The van der Waals surface area contributed by atoms with Gasteiger partial charge in [-0.05, 0) is 132 Å². The van der Waals surface area contributed by atoms with Crippen molar-refractivity contribution in [2.75, 3.05) is 9.80 Å². The molecule has 5 heteroatoms. The van der Waals surface area contributed by atoms with E-state index in [0.717, 1.165) is 156 Å². The van der Waals surface area contributed by atoms with Crippen LogP contribution in [0.1, 0.15) is 26.3 Å². The van der Waals surface area contributed by atoms with Crippen LogP contribution in [0.2, 0.25) is 0 Å². The number of rotatable bonds is 10. The van der Waals surface area contributed by atoms with Crippen LogP contribution < -0.4 is 26.2 Å². The summed E-state index contributed by atoms with van der Waals surface area (Å²) in [7, 11) is 0. The smallest absolute Gasteiger partial charge is 0.252 e. The molecule has 0 N–H and O–H groups in total. The van der Waals surface area contributed by atoms with Gasteiger partial charge in [0.15, 0.2) is 0 Å². The van der Waals surface area contributed by atoms with Gasteiger partial charge >= 0.3 is 0 Å². The molecule has 0 fully saturated rings. The van der Waals surface area contributed by atoms with Crippen LogP contribution in [0.15, 0.2) is 349 Å². The van der Waals surface area contributed by atoms with Crippen molar-refractivity contribution in [1.82, 2.24) is 0 Å². The normalized spacial score (nSPS) is 12.5. The molecule has 2 aliphatic rings. The van der Waals surface area contributed by atoms with Crippen molar-refractivity contribution in [3.63, 3.8) is 0 Å². The van der Waals surface area contributed by atoms with Crippen molar-refractivity contribution in [3.8, 4) is 89.0 Å². The van der Waals surface area contributed by atoms with Gasteiger partial charge in [0.25, 0.3) is 6.71 Å². The largest absolute Gasteiger partial charge is 0.455 e. The van der Waals surface area contributed by atoms with Crippen molar-refractivity contribution in [3.05, 3.63) is 345 Å². The maximum Gasteiger partial charge on any atom is 0.252 e. The SMILES string of the molecule is CC(C)(C)c1cc2c3c(c1)N(c1c(-c4ccccc4)cccc1-c1ccccc1)c1ccc(-c4cccc5c4oc4ccc(-c6ccccc6)cc45)cc1B3c1cc(-c3cccc4c3oc3ccc(-c5ccccc5)cc34)ccc1N2c1c(-c2ccccc2)cccc1-c1ccccc1. The van der Waals surface area contributed by atoms with Crippen molar-refractivity contribution in [2.45, 2.75) is 26.2 Å². The lowest BCUT2D eigenvalue weighted by atomic mass is 9.33. The van der Waals surface area contributed by atoms with Crippen LogP contribution in [0.5, 0.6) is 0 Å². The summed E-state index contributed by atoms with van der Waals surface area (Å²) in [4.78, 5) is 5.29. The zero-order valence-corrected chi connectivity index (χ0v) is 55.1. The van der Waals surface area contributed by atoms with Gasteiger partial charge in [-0.1, -0.05) is 312 Å². The van der Waals surface area contributed by atoms with Crippen LogP contribution in [0.4, 0.5) is 34.1 Å². The highest BCUT2D eigenvalue weighted by Crippen LogP contribution is 2.55. The Morgan fingerprint density at radius 2 is 0.576 bits per heavy atom. The van der Waals surface area contributed by atoms with Gasteiger partial charge in [0.1, 0.15) is 22.3 Å². The Balaban J connectivity index is 0.941. The summed E-state index contributed by atoms with van der Waals surface area (Å²) in [6, 6.07) is 125. The molecule has 0 unspecified atom stereocenters.